The third-order valence-corrected chi connectivity index (χ3v) is 4.41. The van der Waals surface area contributed by atoms with Crippen LogP contribution in [0.4, 0.5) is 0 Å². The molecule has 0 unspecified atom stereocenters. The summed E-state index contributed by atoms with van der Waals surface area (Å²) in [5, 5.41) is 13.1. The summed E-state index contributed by atoms with van der Waals surface area (Å²) in [6.45, 7) is 0. The smallest absolute Gasteiger partial charge is 0.294 e. The Morgan fingerprint density at radius 2 is 1.83 bits per heavy atom. The molecule has 2 aromatic rings. The van der Waals surface area contributed by atoms with Crippen LogP contribution in [0.5, 0.6) is 0 Å². The number of carbonyl (C=O) groups excluding carboxylic acids is 1. The number of nitriles is 1. The lowest BCUT2D eigenvalue weighted by Crippen LogP contribution is -2.53. The van der Waals surface area contributed by atoms with Crippen molar-refractivity contribution >= 4 is 30.1 Å². The first-order valence-electron chi connectivity index (χ1n) is 6.97. The van der Waals surface area contributed by atoms with Gasteiger partial charge in [0.15, 0.2) is 12.4 Å². The standard InChI is InChI=1S/C17H12ClN3OS/c18-12-6-4-11(5-7-12)14-13(10-19)17(23)20-16(22)15(14)21-8-2-1-3-9-21/h1-9,14-15H,(H-,20,22,23)/p+1/t14-,15+/m0/s1. The minimum absolute atomic E-state index is 0.204. The average Bonchev–Trinajstić information content (AvgIpc) is 2.56. The van der Waals surface area contributed by atoms with Crippen molar-refractivity contribution in [3.63, 3.8) is 0 Å². The summed E-state index contributed by atoms with van der Waals surface area (Å²) in [5.74, 6) is -0.629. The molecule has 6 heteroatoms. The second-order valence-electron chi connectivity index (χ2n) is 5.16. The first-order chi connectivity index (χ1) is 11.1. The van der Waals surface area contributed by atoms with E-state index in [1.807, 2.05) is 42.7 Å². The van der Waals surface area contributed by atoms with Gasteiger partial charge >= 0.3 is 0 Å². The Balaban J connectivity index is 2.18. The number of benzene rings is 1. The second-order valence-corrected chi connectivity index (χ2v) is 6.04. The Labute approximate surface area is 144 Å². The number of allylic oxidation sites excluding steroid dienone is 1. The number of carbonyl (C=O) groups is 1. The van der Waals surface area contributed by atoms with Crippen LogP contribution < -0.4 is 9.88 Å². The van der Waals surface area contributed by atoms with Crippen molar-refractivity contribution in [2.45, 2.75) is 12.0 Å². The summed E-state index contributed by atoms with van der Waals surface area (Å²) in [6.07, 6.45) is 3.62. The van der Waals surface area contributed by atoms with E-state index in [4.69, 9.17) is 11.6 Å². The number of nitrogens with one attached hydrogen (secondary N) is 1. The van der Waals surface area contributed by atoms with Crippen LogP contribution in [0, 0.1) is 11.3 Å². The number of hydrogen-bond acceptors (Lipinski definition) is 3. The molecular weight excluding hydrogens is 330 g/mol. The van der Waals surface area contributed by atoms with Gasteiger partial charge in [-0.3, -0.25) is 4.79 Å². The van der Waals surface area contributed by atoms with Gasteiger partial charge in [0.25, 0.3) is 5.91 Å². The molecule has 1 aromatic heterocycles. The van der Waals surface area contributed by atoms with Gasteiger partial charge in [-0.05, 0) is 17.7 Å². The molecule has 3 rings (SSSR count). The Bertz CT molecular complexity index is 812. The van der Waals surface area contributed by atoms with Gasteiger partial charge in [0.1, 0.15) is 0 Å². The highest BCUT2D eigenvalue weighted by Gasteiger charge is 2.44. The summed E-state index contributed by atoms with van der Waals surface area (Å²) < 4.78 is 1.80. The lowest BCUT2D eigenvalue weighted by molar-refractivity contribution is -0.711. The maximum absolute atomic E-state index is 12.6. The minimum atomic E-state index is -0.567. The van der Waals surface area contributed by atoms with Gasteiger partial charge in [-0.15, -0.1) is 12.6 Å². The van der Waals surface area contributed by atoms with Crippen molar-refractivity contribution < 1.29 is 9.36 Å². The molecule has 2 atom stereocenters. The number of hydrogen-bond donors (Lipinski definition) is 2. The summed E-state index contributed by atoms with van der Waals surface area (Å²) in [5.41, 5.74) is 1.27. The molecule has 0 fully saturated rings. The number of nitrogens with zero attached hydrogens (tertiary/aromatic N) is 2. The molecule has 0 radical (unpaired) electrons. The summed E-state index contributed by atoms with van der Waals surface area (Å²) in [7, 11) is 0. The fourth-order valence-electron chi connectivity index (χ4n) is 2.76. The maximum Gasteiger partial charge on any atom is 0.294 e. The van der Waals surface area contributed by atoms with E-state index in [0.29, 0.717) is 15.6 Å². The zero-order chi connectivity index (χ0) is 16.4. The molecule has 23 heavy (non-hydrogen) atoms. The van der Waals surface area contributed by atoms with Gasteiger partial charge < -0.3 is 5.32 Å². The summed E-state index contributed by atoms with van der Waals surface area (Å²) in [6, 6.07) is 14.4. The van der Waals surface area contributed by atoms with E-state index in [2.05, 4.69) is 24.0 Å². The highest BCUT2D eigenvalue weighted by Crippen LogP contribution is 2.38. The first kappa shape index (κ1) is 15.6. The second kappa shape index (κ2) is 6.45. The quantitative estimate of drug-likeness (QED) is 0.651. The zero-order valence-electron chi connectivity index (χ0n) is 12.0. The molecule has 0 saturated carbocycles. The highest BCUT2D eigenvalue weighted by atomic mass is 35.5. The van der Waals surface area contributed by atoms with Crippen LogP contribution in [0.3, 0.4) is 0 Å². The van der Waals surface area contributed by atoms with Crippen LogP contribution in [-0.2, 0) is 4.79 Å². The van der Waals surface area contributed by atoms with Crippen molar-refractivity contribution in [1.29, 1.82) is 5.26 Å². The van der Waals surface area contributed by atoms with Gasteiger partial charge in [-0.2, -0.15) is 9.83 Å². The number of rotatable bonds is 2. The van der Waals surface area contributed by atoms with Gasteiger partial charge in [0.05, 0.1) is 22.6 Å². The van der Waals surface area contributed by atoms with Crippen molar-refractivity contribution in [2.24, 2.45) is 0 Å². The van der Waals surface area contributed by atoms with E-state index in [9.17, 15) is 10.1 Å². The molecule has 1 N–H and O–H groups in total. The molecule has 2 heterocycles. The molecule has 1 aliphatic heterocycles. The number of thiol groups is 1. The van der Waals surface area contributed by atoms with E-state index >= 15 is 0 Å². The van der Waals surface area contributed by atoms with E-state index < -0.39 is 12.0 Å². The third kappa shape index (κ3) is 2.96. The lowest BCUT2D eigenvalue weighted by atomic mass is 9.83. The van der Waals surface area contributed by atoms with Gasteiger partial charge in [-0.25, -0.2) is 0 Å². The van der Waals surface area contributed by atoms with Gasteiger partial charge in [-0.1, -0.05) is 29.8 Å². The minimum Gasteiger partial charge on any atom is -0.314 e. The van der Waals surface area contributed by atoms with Gasteiger partial charge in [0, 0.05) is 17.2 Å². The molecule has 0 spiro atoms. The van der Waals surface area contributed by atoms with Crippen LogP contribution in [0.25, 0.3) is 0 Å². The number of aromatic nitrogens is 1. The van der Waals surface area contributed by atoms with Crippen LogP contribution >= 0.6 is 24.2 Å². The fraction of sp³-hybridized carbons (Fsp3) is 0.118. The average molecular weight is 343 g/mol. The molecule has 0 saturated heterocycles. The number of halogens is 1. The monoisotopic (exact) mass is 342 g/mol. The Hall–Kier alpha value is -2.29. The van der Waals surface area contributed by atoms with Crippen LogP contribution in [0.1, 0.15) is 17.5 Å². The third-order valence-electron chi connectivity index (χ3n) is 3.80. The molecule has 0 bridgehead atoms. The van der Waals surface area contributed by atoms with E-state index in [1.165, 1.54) is 0 Å². The predicted molar refractivity (Wildman–Crippen MR) is 89.6 cm³/mol. The van der Waals surface area contributed by atoms with Crippen molar-refractivity contribution in [3.8, 4) is 6.07 Å². The highest BCUT2D eigenvalue weighted by molar-refractivity contribution is 7.84. The fourth-order valence-corrected chi connectivity index (χ4v) is 3.19. The zero-order valence-corrected chi connectivity index (χ0v) is 13.6. The molecule has 1 aliphatic rings. The molecule has 114 valence electrons. The summed E-state index contributed by atoms with van der Waals surface area (Å²) in [4.78, 5) is 12.6. The molecule has 4 nitrogen and oxygen atoms in total. The van der Waals surface area contributed by atoms with Crippen molar-refractivity contribution in [2.75, 3.05) is 0 Å². The number of pyridine rings is 1. The van der Waals surface area contributed by atoms with E-state index in [-0.39, 0.29) is 5.91 Å². The van der Waals surface area contributed by atoms with Crippen LogP contribution in [0.15, 0.2) is 65.5 Å². The first-order valence-corrected chi connectivity index (χ1v) is 7.79. The maximum atomic E-state index is 12.6. The van der Waals surface area contributed by atoms with Gasteiger partial charge in [0.2, 0.25) is 6.04 Å². The van der Waals surface area contributed by atoms with Crippen molar-refractivity contribution in [1.82, 2.24) is 5.32 Å². The van der Waals surface area contributed by atoms with E-state index in [1.54, 1.807) is 16.7 Å². The molecule has 1 amide bonds. The Morgan fingerprint density at radius 1 is 1.17 bits per heavy atom. The lowest BCUT2D eigenvalue weighted by Gasteiger charge is -2.27. The van der Waals surface area contributed by atoms with E-state index in [0.717, 1.165) is 5.56 Å². The Morgan fingerprint density at radius 3 is 2.43 bits per heavy atom. The summed E-state index contributed by atoms with van der Waals surface area (Å²) >= 11 is 10.2. The number of amides is 1. The largest absolute Gasteiger partial charge is 0.314 e. The molecular formula is C17H13ClN3OS+. The topological polar surface area (TPSA) is 56.8 Å². The normalized spacial score (nSPS) is 20.8. The molecule has 1 aromatic carbocycles. The predicted octanol–water partition coefficient (Wildman–Crippen LogP) is 2.75. The molecule has 0 aliphatic carbocycles. The van der Waals surface area contributed by atoms with Crippen LogP contribution in [-0.4, -0.2) is 5.91 Å². The van der Waals surface area contributed by atoms with Crippen molar-refractivity contribution in [3.05, 3.63) is 76.0 Å². The SMILES string of the molecule is N#CC1=C(S)NC(=O)[C@H]([n+]2ccccc2)[C@H]1c1ccc(Cl)cc1. The Kier molecular flexibility index (Phi) is 4.37. The van der Waals surface area contributed by atoms with Crippen LogP contribution in [0.2, 0.25) is 5.02 Å².